The molecule has 1 heterocycles. The van der Waals surface area contributed by atoms with Gasteiger partial charge in [0, 0.05) is 39.8 Å². The van der Waals surface area contributed by atoms with E-state index < -0.39 is 0 Å². The molecule has 2 fully saturated rings. The molecule has 1 aliphatic carbocycles. The predicted molar refractivity (Wildman–Crippen MR) is 102 cm³/mol. The summed E-state index contributed by atoms with van der Waals surface area (Å²) in [5.74, 6) is 2.34. The highest BCUT2D eigenvalue weighted by Crippen LogP contribution is 2.45. The average molecular weight is 339 g/mol. The van der Waals surface area contributed by atoms with E-state index in [4.69, 9.17) is 4.74 Å². The van der Waals surface area contributed by atoms with E-state index >= 15 is 0 Å². The van der Waals surface area contributed by atoms with Crippen molar-refractivity contribution in [2.45, 2.75) is 46.5 Å². The molecule has 24 heavy (non-hydrogen) atoms. The highest BCUT2D eigenvalue weighted by molar-refractivity contribution is 5.79. The Labute approximate surface area is 148 Å². The van der Waals surface area contributed by atoms with Crippen LogP contribution < -0.4 is 10.6 Å². The molecule has 5 heteroatoms. The molecule has 0 bridgehead atoms. The Bertz CT molecular complexity index is 387. The normalized spacial score (nSPS) is 23.0. The molecule has 2 rings (SSSR count). The molecule has 0 radical (unpaired) electrons. The summed E-state index contributed by atoms with van der Waals surface area (Å²) in [6.45, 7) is 14.0. The molecular formula is C19H38N4O. The number of nitrogens with zero attached hydrogens (tertiary/aromatic N) is 2. The fourth-order valence-corrected chi connectivity index (χ4v) is 4.05. The van der Waals surface area contributed by atoms with Crippen molar-refractivity contribution in [3.05, 3.63) is 0 Å². The Morgan fingerprint density at radius 3 is 2.42 bits per heavy atom. The minimum Gasteiger partial charge on any atom is -0.379 e. The van der Waals surface area contributed by atoms with Gasteiger partial charge in [-0.25, -0.2) is 0 Å². The van der Waals surface area contributed by atoms with Crippen LogP contribution in [-0.2, 0) is 4.74 Å². The van der Waals surface area contributed by atoms with Gasteiger partial charge in [0.1, 0.15) is 0 Å². The molecule has 2 N–H and O–H groups in total. The minimum atomic E-state index is 0.505. The van der Waals surface area contributed by atoms with Gasteiger partial charge in [0.05, 0.1) is 13.2 Å². The van der Waals surface area contributed by atoms with Gasteiger partial charge >= 0.3 is 0 Å². The summed E-state index contributed by atoms with van der Waals surface area (Å²) in [4.78, 5) is 6.91. The largest absolute Gasteiger partial charge is 0.379 e. The standard InChI is InChI=1S/C19H38N4O/c1-16(2)12-19(6-5-7-19)15-22-18(20-4)21-13-17(3)14-23-8-10-24-11-9-23/h16-17H,5-15H2,1-4H3,(H2,20,21,22). The predicted octanol–water partition coefficient (Wildman–Crippen LogP) is 2.34. The second kappa shape index (κ2) is 9.62. The molecule has 0 aromatic carbocycles. The Balaban J connectivity index is 1.68. The first kappa shape index (κ1) is 19.5. The maximum absolute atomic E-state index is 5.42. The first-order chi connectivity index (χ1) is 11.5. The summed E-state index contributed by atoms with van der Waals surface area (Å²) in [6, 6.07) is 0. The SMILES string of the molecule is CN=C(NCC(C)CN1CCOCC1)NCC1(CC(C)C)CCC1. The van der Waals surface area contributed by atoms with Gasteiger partial charge in [0.15, 0.2) is 5.96 Å². The molecule has 1 saturated carbocycles. The van der Waals surface area contributed by atoms with E-state index in [1.54, 1.807) is 0 Å². The zero-order chi connectivity index (χ0) is 17.4. The number of hydrogen-bond acceptors (Lipinski definition) is 3. The Kier molecular flexibility index (Phi) is 7.82. The fourth-order valence-electron chi connectivity index (χ4n) is 4.05. The lowest BCUT2D eigenvalue weighted by molar-refractivity contribution is 0.0320. The van der Waals surface area contributed by atoms with Crippen molar-refractivity contribution in [2.75, 3.05) is 53.0 Å². The Morgan fingerprint density at radius 1 is 1.17 bits per heavy atom. The quantitative estimate of drug-likeness (QED) is 0.527. The number of ether oxygens (including phenoxy) is 1. The number of hydrogen-bond donors (Lipinski definition) is 2. The number of morpholine rings is 1. The first-order valence-corrected chi connectivity index (χ1v) is 9.77. The molecule has 0 spiro atoms. The van der Waals surface area contributed by atoms with E-state index in [0.29, 0.717) is 11.3 Å². The van der Waals surface area contributed by atoms with E-state index in [1.165, 1.54) is 25.7 Å². The summed E-state index contributed by atoms with van der Waals surface area (Å²) in [5.41, 5.74) is 0.505. The van der Waals surface area contributed by atoms with E-state index in [1.807, 2.05) is 7.05 Å². The van der Waals surface area contributed by atoms with Crippen LogP contribution in [-0.4, -0.2) is 63.8 Å². The molecule has 0 aromatic rings. The van der Waals surface area contributed by atoms with Crippen molar-refractivity contribution in [3.63, 3.8) is 0 Å². The fraction of sp³-hybridized carbons (Fsp3) is 0.947. The molecule has 140 valence electrons. The van der Waals surface area contributed by atoms with Gasteiger partial charge in [-0.2, -0.15) is 0 Å². The molecule has 2 aliphatic rings. The number of rotatable bonds is 8. The molecule has 1 unspecified atom stereocenters. The number of guanidine groups is 1. The number of nitrogens with one attached hydrogen (secondary N) is 2. The maximum atomic E-state index is 5.42. The van der Waals surface area contributed by atoms with E-state index in [-0.39, 0.29) is 0 Å². The minimum absolute atomic E-state index is 0.505. The summed E-state index contributed by atoms with van der Waals surface area (Å²) < 4.78 is 5.42. The third kappa shape index (κ3) is 6.25. The first-order valence-electron chi connectivity index (χ1n) is 9.77. The average Bonchev–Trinajstić information content (AvgIpc) is 2.52. The second-order valence-corrected chi connectivity index (χ2v) is 8.28. The van der Waals surface area contributed by atoms with Crippen LogP contribution in [0, 0.1) is 17.3 Å². The highest BCUT2D eigenvalue weighted by Gasteiger charge is 2.37. The highest BCUT2D eigenvalue weighted by atomic mass is 16.5. The molecular weight excluding hydrogens is 300 g/mol. The van der Waals surface area contributed by atoms with Crippen molar-refractivity contribution in [3.8, 4) is 0 Å². The van der Waals surface area contributed by atoms with E-state index in [0.717, 1.165) is 57.8 Å². The maximum Gasteiger partial charge on any atom is 0.191 e. The lowest BCUT2D eigenvalue weighted by atomic mass is 9.64. The topological polar surface area (TPSA) is 48.9 Å². The third-order valence-corrected chi connectivity index (χ3v) is 5.40. The smallest absolute Gasteiger partial charge is 0.191 e. The summed E-state index contributed by atoms with van der Waals surface area (Å²) in [7, 11) is 1.87. The van der Waals surface area contributed by atoms with Gasteiger partial charge in [-0.3, -0.25) is 9.89 Å². The monoisotopic (exact) mass is 338 g/mol. The Morgan fingerprint density at radius 2 is 1.88 bits per heavy atom. The van der Waals surface area contributed by atoms with Crippen LogP contribution in [0.15, 0.2) is 4.99 Å². The van der Waals surface area contributed by atoms with Crippen LogP contribution in [0.3, 0.4) is 0 Å². The van der Waals surface area contributed by atoms with E-state index in [2.05, 4.69) is 41.3 Å². The van der Waals surface area contributed by atoms with Crippen LogP contribution in [0.25, 0.3) is 0 Å². The molecule has 0 amide bonds. The van der Waals surface area contributed by atoms with Crippen molar-refractivity contribution in [2.24, 2.45) is 22.2 Å². The van der Waals surface area contributed by atoms with Crippen LogP contribution in [0.1, 0.15) is 46.5 Å². The van der Waals surface area contributed by atoms with E-state index in [9.17, 15) is 0 Å². The molecule has 1 saturated heterocycles. The zero-order valence-electron chi connectivity index (χ0n) is 16.2. The van der Waals surface area contributed by atoms with Crippen LogP contribution >= 0.6 is 0 Å². The lowest BCUT2D eigenvalue weighted by Gasteiger charge is -2.43. The van der Waals surface area contributed by atoms with Gasteiger partial charge < -0.3 is 15.4 Å². The summed E-state index contributed by atoms with van der Waals surface area (Å²) in [5, 5.41) is 7.10. The van der Waals surface area contributed by atoms with Crippen molar-refractivity contribution >= 4 is 5.96 Å². The van der Waals surface area contributed by atoms with Crippen molar-refractivity contribution < 1.29 is 4.74 Å². The van der Waals surface area contributed by atoms with Crippen LogP contribution in [0.4, 0.5) is 0 Å². The van der Waals surface area contributed by atoms with Crippen LogP contribution in [0.2, 0.25) is 0 Å². The van der Waals surface area contributed by atoms with Gasteiger partial charge in [0.25, 0.3) is 0 Å². The molecule has 1 aliphatic heterocycles. The van der Waals surface area contributed by atoms with Crippen molar-refractivity contribution in [1.82, 2.24) is 15.5 Å². The summed E-state index contributed by atoms with van der Waals surface area (Å²) in [6.07, 6.45) is 5.44. The van der Waals surface area contributed by atoms with Gasteiger partial charge in [-0.05, 0) is 36.5 Å². The third-order valence-electron chi connectivity index (χ3n) is 5.40. The molecule has 1 atom stereocenters. The zero-order valence-corrected chi connectivity index (χ0v) is 16.2. The van der Waals surface area contributed by atoms with Gasteiger partial charge in [0.2, 0.25) is 0 Å². The summed E-state index contributed by atoms with van der Waals surface area (Å²) >= 11 is 0. The van der Waals surface area contributed by atoms with Gasteiger partial charge in [-0.1, -0.05) is 27.2 Å². The van der Waals surface area contributed by atoms with Crippen molar-refractivity contribution in [1.29, 1.82) is 0 Å². The number of aliphatic imine (C=N–C) groups is 1. The molecule has 0 aromatic heterocycles. The Hall–Kier alpha value is -0.810. The van der Waals surface area contributed by atoms with Crippen LogP contribution in [0.5, 0.6) is 0 Å². The second-order valence-electron chi connectivity index (χ2n) is 8.28. The van der Waals surface area contributed by atoms with Gasteiger partial charge in [-0.15, -0.1) is 0 Å². The molecule has 5 nitrogen and oxygen atoms in total. The lowest BCUT2D eigenvalue weighted by Crippen LogP contribution is -2.48.